The fourth-order valence-corrected chi connectivity index (χ4v) is 2.66. The lowest BCUT2D eigenvalue weighted by molar-refractivity contribution is -0.117. The van der Waals surface area contributed by atoms with Crippen molar-refractivity contribution in [2.24, 2.45) is 0 Å². The first-order chi connectivity index (χ1) is 10.2. The number of nitrogens with one attached hydrogen (secondary N) is 1. The summed E-state index contributed by atoms with van der Waals surface area (Å²) in [7, 11) is 0. The molecule has 0 bridgehead atoms. The molecule has 1 amide bonds. The second kappa shape index (κ2) is 5.97. The SMILES string of the molecule is Nc1ccc(NC(=O)CN2CCc3ccccc3C2)cc1. The molecule has 4 heteroatoms. The van der Waals surface area contributed by atoms with Crippen molar-refractivity contribution in [2.45, 2.75) is 13.0 Å². The van der Waals surface area contributed by atoms with Gasteiger partial charge in [-0.2, -0.15) is 0 Å². The third kappa shape index (κ3) is 3.41. The van der Waals surface area contributed by atoms with Gasteiger partial charge >= 0.3 is 0 Å². The number of fused-ring (bicyclic) bond motifs is 1. The molecule has 2 aromatic carbocycles. The predicted molar refractivity (Wildman–Crippen MR) is 84.9 cm³/mol. The number of nitrogens with zero attached hydrogens (tertiary/aromatic N) is 1. The van der Waals surface area contributed by atoms with Crippen molar-refractivity contribution in [1.82, 2.24) is 4.90 Å². The van der Waals surface area contributed by atoms with E-state index in [4.69, 9.17) is 5.73 Å². The molecule has 0 aliphatic carbocycles. The van der Waals surface area contributed by atoms with Crippen LogP contribution in [-0.4, -0.2) is 23.9 Å². The highest BCUT2D eigenvalue weighted by atomic mass is 16.2. The molecule has 0 radical (unpaired) electrons. The van der Waals surface area contributed by atoms with Crippen LogP contribution >= 0.6 is 0 Å². The molecule has 3 N–H and O–H groups in total. The molecule has 0 saturated heterocycles. The van der Waals surface area contributed by atoms with Gasteiger partial charge in [0, 0.05) is 24.5 Å². The van der Waals surface area contributed by atoms with Crippen molar-refractivity contribution >= 4 is 17.3 Å². The van der Waals surface area contributed by atoms with Gasteiger partial charge in [0.2, 0.25) is 5.91 Å². The number of nitrogen functional groups attached to an aromatic ring is 1. The summed E-state index contributed by atoms with van der Waals surface area (Å²) in [6.45, 7) is 2.18. The molecule has 3 rings (SSSR count). The quantitative estimate of drug-likeness (QED) is 0.849. The summed E-state index contributed by atoms with van der Waals surface area (Å²) in [6, 6.07) is 15.6. The molecule has 0 atom stereocenters. The highest BCUT2D eigenvalue weighted by Gasteiger charge is 2.17. The summed E-state index contributed by atoms with van der Waals surface area (Å²) >= 11 is 0. The van der Waals surface area contributed by atoms with Gasteiger partial charge in [0.05, 0.1) is 6.54 Å². The Bertz CT molecular complexity index is 637. The van der Waals surface area contributed by atoms with E-state index in [0.29, 0.717) is 12.2 Å². The maximum atomic E-state index is 12.1. The molecule has 4 nitrogen and oxygen atoms in total. The van der Waals surface area contributed by atoms with E-state index in [1.54, 1.807) is 12.1 Å². The van der Waals surface area contributed by atoms with Crippen LogP contribution in [0.2, 0.25) is 0 Å². The summed E-state index contributed by atoms with van der Waals surface area (Å²) < 4.78 is 0. The molecule has 1 aliphatic heterocycles. The van der Waals surface area contributed by atoms with Crippen LogP contribution in [0.5, 0.6) is 0 Å². The van der Waals surface area contributed by atoms with E-state index in [1.807, 2.05) is 12.1 Å². The molecule has 1 aliphatic rings. The molecular weight excluding hydrogens is 262 g/mol. The van der Waals surface area contributed by atoms with Crippen LogP contribution in [0.3, 0.4) is 0 Å². The van der Waals surface area contributed by atoms with Crippen LogP contribution in [0.4, 0.5) is 11.4 Å². The molecule has 108 valence electrons. The van der Waals surface area contributed by atoms with E-state index < -0.39 is 0 Å². The second-order valence-corrected chi connectivity index (χ2v) is 5.40. The van der Waals surface area contributed by atoms with Gasteiger partial charge in [-0.3, -0.25) is 9.69 Å². The van der Waals surface area contributed by atoms with Crippen LogP contribution < -0.4 is 11.1 Å². The minimum absolute atomic E-state index is 0.0131. The molecule has 0 unspecified atom stereocenters. The average molecular weight is 281 g/mol. The number of anilines is 2. The van der Waals surface area contributed by atoms with Crippen LogP contribution in [-0.2, 0) is 17.8 Å². The lowest BCUT2D eigenvalue weighted by atomic mass is 10.00. The number of nitrogens with two attached hydrogens (primary N) is 1. The van der Waals surface area contributed by atoms with Crippen LogP contribution in [0.25, 0.3) is 0 Å². The maximum absolute atomic E-state index is 12.1. The Kier molecular flexibility index (Phi) is 3.88. The number of carbonyl (C=O) groups excluding carboxylic acids is 1. The summed E-state index contributed by atoms with van der Waals surface area (Å²) in [5, 5.41) is 2.90. The van der Waals surface area contributed by atoms with Crippen molar-refractivity contribution in [3.05, 3.63) is 59.7 Å². The topological polar surface area (TPSA) is 58.4 Å². The average Bonchev–Trinajstić information content (AvgIpc) is 2.49. The molecule has 0 fully saturated rings. The molecule has 2 aromatic rings. The molecule has 0 spiro atoms. The highest BCUT2D eigenvalue weighted by molar-refractivity contribution is 5.92. The lowest BCUT2D eigenvalue weighted by Gasteiger charge is -2.28. The first kappa shape index (κ1) is 13.6. The highest BCUT2D eigenvalue weighted by Crippen LogP contribution is 2.18. The lowest BCUT2D eigenvalue weighted by Crippen LogP contribution is -2.37. The van der Waals surface area contributed by atoms with Crippen molar-refractivity contribution in [2.75, 3.05) is 24.1 Å². The van der Waals surface area contributed by atoms with Gasteiger partial charge < -0.3 is 11.1 Å². The van der Waals surface area contributed by atoms with Gasteiger partial charge in [-0.25, -0.2) is 0 Å². The first-order valence-corrected chi connectivity index (χ1v) is 7.15. The van der Waals surface area contributed by atoms with E-state index >= 15 is 0 Å². The third-order valence-electron chi connectivity index (χ3n) is 3.77. The van der Waals surface area contributed by atoms with Crippen LogP contribution in [0, 0.1) is 0 Å². The first-order valence-electron chi connectivity index (χ1n) is 7.15. The number of amides is 1. The zero-order chi connectivity index (χ0) is 14.7. The van der Waals surface area contributed by atoms with Gasteiger partial charge in [-0.1, -0.05) is 24.3 Å². The number of hydrogen-bond donors (Lipinski definition) is 2. The number of carbonyl (C=O) groups is 1. The standard InChI is InChI=1S/C17H19N3O/c18-15-5-7-16(8-6-15)19-17(21)12-20-10-9-13-3-1-2-4-14(13)11-20/h1-8H,9-12,18H2,(H,19,21). The van der Waals surface area contributed by atoms with E-state index in [1.165, 1.54) is 11.1 Å². The van der Waals surface area contributed by atoms with Crippen molar-refractivity contribution in [1.29, 1.82) is 0 Å². The summed E-state index contributed by atoms with van der Waals surface area (Å²) in [5.41, 5.74) is 9.83. The van der Waals surface area contributed by atoms with Crippen molar-refractivity contribution in [3.63, 3.8) is 0 Å². The molecule has 21 heavy (non-hydrogen) atoms. The predicted octanol–water partition coefficient (Wildman–Crippen LogP) is 2.27. The summed E-state index contributed by atoms with van der Waals surface area (Å²) in [5.74, 6) is 0.0131. The Morgan fingerprint density at radius 3 is 2.57 bits per heavy atom. The molecule has 1 heterocycles. The van der Waals surface area contributed by atoms with E-state index in [0.717, 1.165) is 25.2 Å². The van der Waals surface area contributed by atoms with E-state index in [9.17, 15) is 4.79 Å². The monoisotopic (exact) mass is 281 g/mol. The number of benzene rings is 2. The van der Waals surface area contributed by atoms with E-state index in [2.05, 4.69) is 34.5 Å². The Hall–Kier alpha value is -2.33. The Morgan fingerprint density at radius 1 is 1.10 bits per heavy atom. The van der Waals surface area contributed by atoms with Crippen LogP contribution in [0.1, 0.15) is 11.1 Å². The Morgan fingerprint density at radius 2 is 1.81 bits per heavy atom. The summed E-state index contributed by atoms with van der Waals surface area (Å²) in [6.07, 6.45) is 1.01. The fourth-order valence-electron chi connectivity index (χ4n) is 2.66. The molecule has 0 aromatic heterocycles. The van der Waals surface area contributed by atoms with Gasteiger partial charge in [0.1, 0.15) is 0 Å². The molecule has 0 saturated carbocycles. The van der Waals surface area contributed by atoms with Crippen LogP contribution in [0.15, 0.2) is 48.5 Å². The normalized spacial score (nSPS) is 14.5. The zero-order valence-electron chi connectivity index (χ0n) is 11.9. The Balaban J connectivity index is 1.57. The zero-order valence-corrected chi connectivity index (χ0v) is 11.9. The minimum atomic E-state index is 0.0131. The number of rotatable bonds is 3. The molecular formula is C17H19N3O. The van der Waals surface area contributed by atoms with Gasteiger partial charge in [0.15, 0.2) is 0 Å². The Labute approximate surface area is 124 Å². The third-order valence-corrected chi connectivity index (χ3v) is 3.77. The van der Waals surface area contributed by atoms with Crippen molar-refractivity contribution in [3.8, 4) is 0 Å². The smallest absolute Gasteiger partial charge is 0.238 e. The number of hydrogen-bond acceptors (Lipinski definition) is 3. The minimum Gasteiger partial charge on any atom is -0.399 e. The van der Waals surface area contributed by atoms with Gasteiger partial charge in [-0.05, 0) is 41.8 Å². The maximum Gasteiger partial charge on any atom is 0.238 e. The van der Waals surface area contributed by atoms with Crippen molar-refractivity contribution < 1.29 is 4.79 Å². The van der Waals surface area contributed by atoms with Gasteiger partial charge in [0.25, 0.3) is 0 Å². The summed E-state index contributed by atoms with van der Waals surface area (Å²) in [4.78, 5) is 14.3. The van der Waals surface area contributed by atoms with E-state index in [-0.39, 0.29) is 5.91 Å². The van der Waals surface area contributed by atoms with Gasteiger partial charge in [-0.15, -0.1) is 0 Å². The fraction of sp³-hybridized carbons (Fsp3) is 0.235. The second-order valence-electron chi connectivity index (χ2n) is 5.40. The largest absolute Gasteiger partial charge is 0.399 e.